The van der Waals surface area contributed by atoms with Crippen molar-refractivity contribution in [2.75, 3.05) is 41.0 Å². The lowest BCUT2D eigenvalue weighted by Crippen LogP contribution is -2.23. The molecule has 0 aliphatic carbocycles. The van der Waals surface area contributed by atoms with Crippen molar-refractivity contribution in [3.8, 4) is 0 Å². The van der Waals surface area contributed by atoms with Crippen LogP contribution in [0.2, 0.25) is 0 Å². The molecule has 0 spiro atoms. The van der Waals surface area contributed by atoms with Crippen LogP contribution in [0.25, 0.3) is 10.2 Å². The number of fused-ring (bicyclic) bond motifs is 1. The molecular weight excluding hydrogens is 320 g/mol. The van der Waals surface area contributed by atoms with Crippen LogP contribution in [0.5, 0.6) is 0 Å². The van der Waals surface area contributed by atoms with Gasteiger partial charge in [-0.05, 0) is 19.9 Å². The fourth-order valence-corrected chi connectivity index (χ4v) is 5.77. The highest BCUT2D eigenvalue weighted by atomic mass is 32.2. The zero-order valence-electron chi connectivity index (χ0n) is 12.3. The molecule has 1 fully saturated rings. The van der Waals surface area contributed by atoms with E-state index in [-0.39, 0.29) is 0 Å². The fourth-order valence-electron chi connectivity index (χ4n) is 2.28. The Morgan fingerprint density at radius 3 is 2.95 bits per heavy atom. The predicted molar refractivity (Wildman–Crippen MR) is 98.4 cm³/mol. The second-order valence-corrected chi connectivity index (χ2v) is 8.74. The smallest absolute Gasteiger partial charge is 0.226 e. The van der Waals surface area contributed by atoms with Gasteiger partial charge in [0.1, 0.15) is 10.6 Å². The first-order valence-corrected chi connectivity index (χ1v) is 10.2. The molecule has 3 rings (SSSR count). The minimum atomic E-state index is 0.677. The Kier molecular flexibility index (Phi) is 5.13. The fraction of sp³-hybridized carbons (Fsp3) is 0.571. The second kappa shape index (κ2) is 7.07. The van der Waals surface area contributed by atoms with E-state index in [2.05, 4.69) is 64.0 Å². The van der Waals surface area contributed by atoms with Crippen molar-refractivity contribution >= 4 is 56.8 Å². The van der Waals surface area contributed by atoms with Crippen LogP contribution >= 0.6 is 34.9 Å². The SMILES string of the molecule is CCNc1nc(NCC2CSCCS2)c2cc(C)sc2n1. The van der Waals surface area contributed by atoms with Crippen molar-refractivity contribution in [1.29, 1.82) is 0 Å². The molecule has 0 bridgehead atoms. The van der Waals surface area contributed by atoms with Crippen molar-refractivity contribution in [1.82, 2.24) is 9.97 Å². The van der Waals surface area contributed by atoms with E-state index in [9.17, 15) is 0 Å². The van der Waals surface area contributed by atoms with E-state index < -0.39 is 0 Å². The maximum atomic E-state index is 4.65. The highest BCUT2D eigenvalue weighted by molar-refractivity contribution is 8.06. The van der Waals surface area contributed by atoms with Crippen LogP contribution in [0.3, 0.4) is 0 Å². The van der Waals surface area contributed by atoms with E-state index in [1.54, 1.807) is 11.3 Å². The van der Waals surface area contributed by atoms with Crippen molar-refractivity contribution in [3.05, 3.63) is 10.9 Å². The number of aromatic nitrogens is 2. The number of aryl methyl sites for hydroxylation is 1. The molecule has 2 N–H and O–H groups in total. The molecule has 0 amide bonds. The summed E-state index contributed by atoms with van der Waals surface area (Å²) >= 11 is 5.85. The molecule has 0 radical (unpaired) electrons. The monoisotopic (exact) mass is 340 g/mol. The molecule has 1 aliphatic heterocycles. The molecule has 3 heterocycles. The highest BCUT2D eigenvalue weighted by Crippen LogP contribution is 2.30. The second-order valence-electron chi connectivity index (χ2n) is 4.95. The van der Waals surface area contributed by atoms with Gasteiger partial charge in [-0.25, -0.2) is 4.98 Å². The van der Waals surface area contributed by atoms with Crippen molar-refractivity contribution in [2.24, 2.45) is 0 Å². The van der Waals surface area contributed by atoms with Gasteiger partial charge >= 0.3 is 0 Å². The number of nitrogens with zero attached hydrogens (tertiary/aromatic N) is 2. The van der Waals surface area contributed by atoms with Crippen molar-refractivity contribution in [2.45, 2.75) is 19.1 Å². The number of rotatable bonds is 5. The van der Waals surface area contributed by atoms with E-state index in [1.807, 2.05) is 0 Å². The Bertz CT molecular complexity index is 608. The molecular formula is C14H20N4S3. The topological polar surface area (TPSA) is 49.8 Å². The number of hydrogen-bond donors (Lipinski definition) is 2. The third-order valence-corrected chi connectivity index (χ3v) is 7.02. The van der Waals surface area contributed by atoms with Crippen LogP contribution in [0.1, 0.15) is 11.8 Å². The molecule has 4 nitrogen and oxygen atoms in total. The standard InChI is InChI=1S/C14H20N4S3/c1-3-15-14-17-12(11-6-9(2)21-13(11)18-14)16-7-10-8-19-4-5-20-10/h6,10H,3-5,7-8H2,1-2H3,(H2,15,16,17,18). The number of hydrogen-bond acceptors (Lipinski definition) is 7. The molecule has 0 aromatic carbocycles. The summed E-state index contributed by atoms with van der Waals surface area (Å²) in [4.78, 5) is 11.6. The quantitative estimate of drug-likeness (QED) is 0.866. The van der Waals surface area contributed by atoms with Gasteiger partial charge in [-0.15, -0.1) is 11.3 Å². The zero-order chi connectivity index (χ0) is 14.7. The Hall–Kier alpha value is -0.660. The van der Waals surface area contributed by atoms with Gasteiger partial charge in [-0.1, -0.05) is 0 Å². The van der Waals surface area contributed by atoms with Gasteiger partial charge < -0.3 is 10.6 Å². The molecule has 21 heavy (non-hydrogen) atoms. The largest absolute Gasteiger partial charge is 0.368 e. The van der Waals surface area contributed by atoms with Gasteiger partial charge in [-0.2, -0.15) is 28.5 Å². The van der Waals surface area contributed by atoms with Crippen LogP contribution in [-0.4, -0.2) is 45.6 Å². The summed E-state index contributed by atoms with van der Waals surface area (Å²) < 4.78 is 0. The zero-order valence-corrected chi connectivity index (χ0v) is 14.8. The summed E-state index contributed by atoms with van der Waals surface area (Å²) in [5, 5.41) is 8.60. The maximum absolute atomic E-state index is 4.65. The predicted octanol–water partition coefficient (Wildman–Crippen LogP) is 3.69. The lowest BCUT2D eigenvalue weighted by Gasteiger charge is -2.21. The van der Waals surface area contributed by atoms with Gasteiger partial charge in [0.15, 0.2) is 0 Å². The van der Waals surface area contributed by atoms with Gasteiger partial charge in [-0.3, -0.25) is 0 Å². The Labute approximate surface area is 137 Å². The first kappa shape index (κ1) is 15.2. The molecule has 1 saturated heterocycles. The molecule has 114 valence electrons. The summed E-state index contributed by atoms with van der Waals surface area (Å²) in [5.74, 6) is 5.47. The van der Waals surface area contributed by atoms with E-state index in [1.165, 1.54) is 22.1 Å². The van der Waals surface area contributed by atoms with Gasteiger partial charge in [0, 0.05) is 40.5 Å². The average Bonchev–Trinajstić information content (AvgIpc) is 2.86. The van der Waals surface area contributed by atoms with Gasteiger partial charge in [0.2, 0.25) is 5.95 Å². The highest BCUT2D eigenvalue weighted by Gasteiger charge is 2.16. The Morgan fingerprint density at radius 2 is 2.19 bits per heavy atom. The van der Waals surface area contributed by atoms with E-state index in [0.717, 1.165) is 35.1 Å². The third kappa shape index (κ3) is 3.76. The van der Waals surface area contributed by atoms with Crippen molar-refractivity contribution in [3.63, 3.8) is 0 Å². The molecule has 1 unspecified atom stereocenters. The van der Waals surface area contributed by atoms with E-state index >= 15 is 0 Å². The summed E-state index contributed by atoms with van der Waals surface area (Å²) in [5.41, 5.74) is 0. The van der Waals surface area contributed by atoms with Crippen LogP contribution < -0.4 is 10.6 Å². The molecule has 7 heteroatoms. The third-order valence-electron chi connectivity index (χ3n) is 3.23. The molecule has 1 aliphatic rings. The van der Waals surface area contributed by atoms with Crippen LogP contribution in [0.4, 0.5) is 11.8 Å². The molecule has 1 atom stereocenters. The Balaban J connectivity index is 1.81. The summed E-state index contributed by atoms with van der Waals surface area (Å²) in [6.45, 7) is 6.00. The minimum absolute atomic E-state index is 0.677. The minimum Gasteiger partial charge on any atom is -0.368 e. The van der Waals surface area contributed by atoms with Crippen LogP contribution in [-0.2, 0) is 0 Å². The summed E-state index contributed by atoms with van der Waals surface area (Å²) in [6, 6.07) is 2.18. The molecule has 0 saturated carbocycles. The lowest BCUT2D eigenvalue weighted by atomic mass is 10.3. The van der Waals surface area contributed by atoms with Crippen molar-refractivity contribution < 1.29 is 0 Å². The maximum Gasteiger partial charge on any atom is 0.226 e. The van der Waals surface area contributed by atoms with Gasteiger partial charge in [0.05, 0.1) is 5.39 Å². The number of thioether (sulfide) groups is 2. The number of nitrogens with one attached hydrogen (secondary N) is 2. The Morgan fingerprint density at radius 1 is 1.29 bits per heavy atom. The number of anilines is 2. The lowest BCUT2D eigenvalue weighted by molar-refractivity contribution is 0.991. The first-order valence-electron chi connectivity index (χ1n) is 7.21. The van der Waals surface area contributed by atoms with E-state index in [4.69, 9.17) is 0 Å². The average molecular weight is 341 g/mol. The normalized spacial score (nSPS) is 18.9. The molecule has 2 aromatic rings. The first-order chi connectivity index (χ1) is 10.3. The summed E-state index contributed by atoms with van der Waals surface area (Å²) in [6.07, 6.45) is 0. The van der Waals surface area contributed by atoms with Crippen LogP contribution in [0, 0.1) is 6.92 Å². The van der Waals surface area contributed by atoms with Gasteiger partial charge in [0.25, 0.3) is 0 Å². The van der Waals surface area contributed by atoms with E-state index in [0.29, 0.717) is 5.25 Å². The van der Waals surface area contributed by atoms with Crippen LogP contribution in [0.15, 0.2) is 6.07 Å². The molecule has 2 aromatic heterocycles. The number of thiophene rings is 1. The summed E-state index contributed by atoms with van der Waals surface area (Å²) in [7, 11) is 0.